The van der Waals surface area contributed by atoms with Crippen molar-refractivity contribution in [1.29, 1.82) is 5.26 Å². The summed E-state index contributed by atoms with van der Waals surface area (Å²) in [5.74, 6) is 0.232. The third-order valence-corrected chi connectivity index (χ3v) is 5.88. The third kappa shape index (κ3) is 4.56. The molecular weight excluding hydrogens is 362 g/mol. The van der Waals surface area contributed by atoms with Crippen molar-refractivity contribution in [2.24, 2.45) is 11.1 Å². The van der Waals surface area contributed by atoms with E-state index in [4.69, 9.17) is 5.14 Å². The van der Waals surface area contributed by atoms with E-state index in [9.17, 15) is 13.7 Å². The highest BCUT2D eigenvalue weighted by molar-refractivity contribution is 7.87. The molecule has 3 N–H and O–H groups in total. The molecule has 0 amide bonds. The zero-order chi connectivity index (χ0) is 19.6. The second-order valence-electron chi connectivity index (χ2n) is 7.26. The number of hydrogen-bond acceptors (Lipinski definition) is 5. The first-order chi connectivity index (χ1) is 12.8. The molecule has 7 nitrogen and oxygen atoms in total. The van der Waals surface area contributed by atoms with Crippen molar-refractivity contribution in [3.63, 3.8) is 0 Å². The van der Waals surface area contributed by atoms with Crippen LogP contribution in [0.25, 0.3) is 10.9 Å². The number of nitrogens with two attached hydrogens (primary N) is 1. The fraction of sp³-hybridized carbons (Fsp3) is 0.474. The van der Waals surface area contributed by atoms with Crippen LogP contribution in [0.3, 0.4) is 0 Å². The van der Waals surface area contributed by atoms with Gasteiger partial charge in [-0.25, -0.2) is 9.86 Å². The molecular formula is C19H25N5O2S. The lowest BCUT2D eigenvalue weighted by Gasteiger charge is -2.26. The molecule has 3 rings (SSSR count). The number of nitrogens with zero attached hydrogens (tertiary/aromatic N) is 3. The first kappa shape index (κ1) is 19.5. The first-order valence-electron chi connectivity index (χ1n) is 9.11. The summed E-state index contributed by atoms with van der Waals surface area (Å²) in [6.07, 6.45) is 4.33. The van der Waals surface area contributed by atoms with Crippen molar-refractivity contribution in [2.75, 3.05) is 24.5 Å². The van der Waals surface area contributed by atoms with E-state index in [0.29, 0.717) is 12.1 Å². The second-order valence-corrected chi connectivity index (χ2v) is 8.64. The first-order valence-corrected chi connectivity index (χ1v) is 10.7. The standard InChI is InChI=1S/C19H25N5O2S/c1-13-8-17-18(9-14(13)2)22-12-16(10-20)19(17)24-6-3-4-15(5-7-24)11-23-27(21,25)26/h8-9,12,15,23H,3-7,11H2,1-2H3,(H2,21,25,26)/t15-/m0/s1. The highest BCUT2D eigenvalue weighted by Crippen LogP contribution is 2.33. The highest BCUT2D eigenvalue weighted by atomic mass is 32.2. The number of aryl methyl sites for hydroxylation is 2. The van der Waals surface area contributed by atoms with Crippen LogP contribution in [0.4, 0.5) is 5.69 Å². The van der Waals surface area contributed by atoms with Crippen molar-refractivity contribution in [3.05, 3.63) is 35.0 Å². The number of rotatable bonds is 4. The van der Waals surface area contributed by atoms with E-state index in [0.717, 1.165) is 48.9 Å². The maximum absolute atomic E-state index is 11.1. The van der Waals surface area contributed by atoms with E-state index in [2.05, 4.69) is 46.7 Å². The molecule has 8 heteroatoms. The van der Waals surface area contributed by atoms with Crippen LogP contribution in [0.5, 0.6) is 0 Å². The molecule has 1 aromatic carbocycles. The molecule has 0 spiro atoms. The summed E-state index contributed by atoms with van der Waals surface area (Å²) in [7, 11) is -3.66. The number of aromatic nitrogens is 1. The van der Waals surface area contributed by atoms with Crippen molar-refractivity contribution in [3.8, 4) is 6.07 Å². The Kier molecular flexibility index (Phi) is 5.65. The van der Waals surface area contributed by atoms with Crippen molar-refractivity contribution in [1.82, 2.24) is 9.71 Å². The average molecular weight is 388 g/mol. The van der Waals surface area contributed by atoms with Gasteiger partial charge in [0.15, 0.2) is 0 Å². The molecule has 1 atom stereocenters. The van der Waals surface area contributed by atoms with Crippen LogP contribution in [0.2, 0.25) is 0 Å². The lowest BCUT2D eigenvalue weighted by atomic mass is 10.0. The predicted molar refractivity (Wildman–Crippen MR) is 107 cm³/mol. The van der Waals surface area contributed by atoms with E-state index < -0.39 is 10.2 Å². The Balaban J connectivity index is 1.90. The van der Waals surface area contributed by atoms with Gasteiger partial charge < -0.3 is 4.90 Å². The summed E-state index contributed by atoms with van der Waals surface area (Å²) in [6, 6.07) is 6.45. The van der Waals surface area contributed by atoms with Gasteiger partial charge in [-0.2, -0.15) is 13.7 Å². The number of fused-ring (bicyclic) bond motifs is 1. The van der Waals surface area contributed by atoms with E-state index in [1.54, 1.807) is 6.20 Å². The smallest absolute Gasteiger partial charge is 0.274 e. The molecule has 27 heavy (non-hydrogen) atoms. The summed E-state index contributed by atoms with van der Waals surface area (Å²) < 4.78 is 24.7. The minimum atomic E-state index is -3.66. The van der Waals surface area contributed by atoms with E-state index in [1.807, 2.05) is 0 Å². The average Bonchev–Trinajstić information content (AvgIpc) is 2.85. The van der Waals surface area contributed by atoms with Gasteiger partial charge in [-0.1, -0.05) is 0 Å². The number of hydrogen-bond donors (Lipinski definition) is 2. The minimum Gasteiger partial charge on any atom is -0.370 e. The molecule has 0 saturated carbocycles. The maximum atomic E-state index is 11.1. The van der Waals surface area contributed by atoms with E-state index in [1.165, 1.54) is 11.1 Å². The molecule has 1 saturated heterocycles. The summed E-state index contributed by atoms with van der Waals surface area (Å²) in [6.45, 7) is 6.07. The van der Waals surface area contributed by atoms with Crippen LogP contribution < -0.4 is 14.8 Å². The maximum Gasteiger partial charge on any atom is 0.274 e. The van der Waals surface area contributed by atoms with Gasteiger partial charge in [0.05, 0.1) is 16.8 Å². The zero-order valence-corrected chi connectivity index (χ0v) is 16.5. The quantitative estimate of drug-likeness (QED) is 0.834. The number of pyridine rings is 1. The Bertz CT molecular complexity index is 997. The fourth-order valence-electron chi connectivity index (χ4n) is 3.69. The summed E-state index contributed by atoms with van der Waals surface area (Å²) in [4.78, 5) is 6.71. The molecule has 1 aliphatic rings. The predicted octanol–water partition coefficient (Wildman–Crippen LogP) is 2.12. The van der Waals surface area contributed by atoms with E-state index >= 15 is 0 Å². The Labute approximate surface area is 160 Å². The third-order valence-electron chi connectivity index (χ3n) is 5.31. The van der Waals surface area contributed by atoms with Gasteiger partial charge in [-0.15, -0.1) is 0 Å². The van der Waals surface area contributed by atoms with Crippen LogP contribution in [0.1, 0.15) is 36.0 Å². The molecule has 2 aromatic rings. The van der Waals surface area contributed by atoms with Gasteiger partial charge in [0, 0.05) is 31.2 Å². The number of benzene rings is 1. The normalized spacial score (nSPS) is 18.3. The number of anilines is 1. The van der Waals surface area contributed by atoms with Crippen LogP contribution in [0, 0.1) is 31.1 Å². The van der Waals surface area contributed by atoms with Crippen molar-refractivity contribution < 1.29 is 8.42 Å². The SMILES string of the molecule is Cc1cc2ncc(C#N)c(N3CCC[C@H](CNS(N)(=O)=O)CC3)c2cc1C. The molecule has 0 unspecified atom stereocenters. The van der Waals surface area contributed by atoms with Crippen molar-refractivity contribution >= 4 is 26.8 Å². The largest absolute Gasteiger partial charge is 0.370 e. The van der Waals surface area contributed by atoms with Crippen LogP contribution in [-0.2, 0) is 10.2 Å². The monoisotopic (exact) mass is 387 g/mol. The Hall–Kier alpha value is -2.21. The molecule has 0 radical (unpaired) electrons. The highest BCUT2D eigenvalue weighted by Gasteiger charge is 2.22. The topological polar surface area (TPSA) is 112 Å². The van der Waals surface area contributed by atoms with Crippen LogP contribution >= 0.6 is 0 Å². The molecule has 1 aromatic heterocycles. The lowest BCUT2D eigenvalue weighted by Crippen LogP contribution is -2.35. The zero-order valence-electron chi connectivity index (χ0n) is 15.7. The fourth-order valence-corrected chi connectivity index (χ4v) is 4.16. The molecule has 2 heterocycles. The van der Waals surface area contributed by atoms with Gasteiger partial charge in [0.2, 0.25) is 0 Å². The Morgan fingerprint density at radius 2 is 2.04 bits per heavy atom. The molecule has 0 bridgehead atoms. The summed E-state index contributed by atoms with van der Waals surface area (Å²) >= 11 is 0. The summed E-state index contributed by atoms with van der Waals surface area (Å²) in [5, 5.41) is 15.7. The second kappa shape index (κ2) is 7.80. The summed E-state index contributed by atoms with van der Waals surface area (Å²) in [5.41, 5.74) is 4.75. The lowest BCUT2D eigenvalue weighted by molar-refractivity contribution is 0.463. The molecule has 0 aliphatic carbocycles. The van der Waals surface area contributed by atoms with Gasteiger partial charge >= 0.3 is 0 Å². The van der Waals surface area contributed by atoms with Gasteiger partial charge in [-0.3, -0.25) is 4.98 Å². The number of nitriles is 1. The minimum absolute atomic E-state index is 0.232. The van der Waals surface area contributed by atoms with E-state index in [-0.39, 0.29) is 5.92 Å². The Morgan fingerprint density at radius 3 is 2.74 bits per heavy atom. The van der Waals surface area contributed by atoms with Crippen molar-refractivity contribution in [2.45, 2.75) is 33.1 Å². The van der Waals surface area contributed by atoms with Gasteiger partial charge in [0.1, 0.15) is 6.07 Å². The van der Waals surface area contributed by atoms with Gasteiger partial charge in [-0.05, 0) is 62.3 Å². The van der Waals surface area contributed by atoms with Gasteiger partial charge in [0.25, 0.3) is 10.2 Å². The Morgan fingerprint density at radius 1 is 1.30 bits per heavy atom. The van der Waals surface area contributed by atoms with Crippen LogP contribution in [0.15, 0.2) is 18.3 Å². The number of nitrogens with one attached hydrogen (secondary N) is 1. The molecule has 1 fully saturated rings. The molecule has 1 aliphatic heterocycles. The van der Waals surface area contributed by atoms with Crippen LogP contribution in [-0.4, -0.2) is 33.0 Å². The molecule has 144 valence electrons.